The number of nitrogens with zero attached hydrogens (tertiary/aromatic N) is 3. The number of nitrogens with one attached hydrogen (secondary N) is 1. The first-order valence-corrected chi connectivity index (χ1v) is 10.0. The quantitative estimate of drug-likeness (QED) is 0.749. The molecule has 1 aromatic carbocycles. The summed E-state index contributed by atoms with van der Waals surface area (Å²) in [6.07, 6.45) is 5.34. The van der Waals surface area contributed by atoms with Crippen LogP contribution in [0.25, 0.3) is 11.1 Å². The number of aryl methyl sites for hydroxylation is 1. The lowest BCUT2D eigenvalue weighted by Crippen LogP contribution is -2.26. The Morgan fingerprint density at radius 3 is 2.88 bits per heavy atom. The zero-order valence-corrected chi connectivity index (χ0v) is 15.5. The Morgan fingerprint density at radius 1 is 1.12 bits per heavy atom. The van der Waals surface area contributed by atoms with E-state index in [1.165, 1.54) is 30.6 Å². The summed E-state index contributed by atoms with van der Waals surface area (Å²) in [5, 5.41) is 13.7. The average Bonchev–Trinajstić information content (AvgIpc) is 3.24. The molecule has 4 rings (SSSR count). The molecule has 0 aliphatic carbocycles. The number of rotatable bonds is 5. The van der Waals surface area contributed by atoms with Crippen LogP contribution in [0.5, 0.6) is 0 Å². The smallest absolute Gasteiger partial charge is 0.262 e. The van der Waals surface area contributed by atoms with Crippen molar-refractivity contribution in [2.45, 2.75) is 38.6 Å². The Bertz CT molecular complexity index is 884. The summed E-state index contributed by atoms with van der Waals surface area (Å²) in [4.78, 5) is 13.4. The number of carbonyl (C=O) groups excluding carboxylic acids is 1. The van der Waals surface area contributed by atoms with Crippen molar-refractivity contribution < 1.29 is 4.79 Å². The summed E-state index contributed by atoms with van der Waals surface area (Å²) in [6, 6.07) is 12.0. The van der Waals surface area contributed by atoms with Gasteiger partial charge in [-0.3, -0.25) is 4.79 Å². The van der Waals surface area contributed by atoms with Crippen molar-refractivity contribution in [2.24, 2.45) is 0 Å². The molecule has 134 valence electrons. The van der Waals surface area contributed by atoms with E-state index in [0.717, 1.165) is 40.6 Å². The van der Waals surface area contributed by atoms with Crippen molar-refractivity contribution in [1.82, 2.24) is 20.1 Å². The van der Waals surface area contributed by atoms with E-state index in [4.69, 9.17) is 0 Å². The lowest BCUT2D eigenvalue weighted by Gasteiger charge is -2.08. The van der Waals surface area contributed by atoms with Crippen LogP contribution in [0.3, 0.4) is 0 Å². The van der Waals surface area contributed by atoms with Crippen LogP contribution in [0.2, 0.25) is 0 Å². The molecule has 1 aliphatic heterocycles. The van der Waals surface area contributed by atoms with Gasteiger partial charge >= 0.3 is 0 Å². The molecule has 0 fully saturated rings. The zero-order chi connectivity index (χ0) is 17.8. The molecule has 0 spiro atoms. The molecule has 0 atom stereocenters. The highest BCUT2D eigenvalue weighted by atomic mass is 32.1. The lowest BCUT2D eigenvalue weighted by molar-refractivity contribution is 0.0958. The second kappa shape index (κ2) is 7.83. The highest BCUT2D eigenvalue weighted by Gasteiger charge is 2.16. The molecule has 1 N–H and O–H groups in total. The molecule has 2 aromatic heterocycles. The highest BCUT2D eigenvalue weighted by molar-refractivity contribution is 7.12. The molecule has 0 saturated heterocycles. The fraction of sp³-hybridized carbons (Fsp3) is 0.350. The number of fused-ring (bicyclic) bond motifs is 1. The molecule has 3 heterocycles. The summed E-state index contributed by atoms with van der Waals surface area (Å²) in [5.41, 5.74) is 2.06. The van der Waals surface area contributed by atoms with Crippen molar-refractivity contribution >= 4 is 17.2 Å². The van der Waals surface area contributed by atoms with E-state index in [0.29, 0.717) is 13.0 Å². The summed E-state index contributed by atoms with van der Waals surface area (Å²) in [6.45, 7) is 1.57. The minimum absolute atomic E-state index is 0.0190. The van der Waals surface area contributed by atoms with Gasteiger partial charge in [0.2, 0.25) is 0 Å². The largest absolute Gasteiger partial charge is 0.351 e. The van der Waals surface area contributed by atoms with Crippen LogP contribution >= 0.6 is 11.3 Å². The summed E-state index contributed by atoms with van der Waals surface area (Å²) < 4.78 is 2.24. The van der Waals surface area contributed by atoms with Gasteiger partial charge in [-0.15, -0.1) is 21.5 Å². The summed E-state index contributed by atoms with van der Waals surface area (Å²) >= 11 is 1.48. The molecule has 26 heavy (non-hydrogen) atoms. The molecule has 0 unspecified atom stereocenters. The van der Waals surface area contributed by atoms with Crippen LogP contribution in [-0.4, -0.2) is 27.2 Å². The SMILES string of the molecule is O=C(NCCc1nnc2n1CCCCC2)c1sccc1-c1ccccc1. The minimum Gasteiger partial charge on any atom is -0.351 e. The maximum atomic E-state index is 12.6. The monoisotopic (exact) mass is 366 g/mol. The van der Waals surface area contributed by atoms with Gasteiger partial charge in [0.1, 0.15) is 11.6 Å². The molecule has 1 aliphatic rings. The molecule has 0 radical (unpaired) electrons. The molecule has 3 aromatic rings. The molecular formula is C20H22N4OS. The average molecular weight is 366 g/mol. The molecule has 0 saturated carbocycles. The van der Waals surface area contributed by atoms with Crippen molar-refractivity contribution in [3.05, 3.63) is 58.3 Å². The fourth-order valence-corrected chi connectivity index (χ4v) is 4.26. The second-order valence-corrected chi connectivity index (χ2v) is 7.45. The van der Waals surface area contributed by atoms with Gasteiger partial charge in [0.25, 0.3) is 5.91 Å². The molecule has 6 heteroatoms. The predicted octanol–water partition coefficient (Wildman–Crippen LogP) is 3.71. The second-order valence-electron chi connectivity index (χ2n) is 6.53. The maximum Gasteiger partial charge on any atom is 0.262 e. The first-order chi connectivity index (χ1) is 12.8. The van der Waals surface area contributed by atoms with Crippen molar-refractivity contribution in [1.29, 1.82) is 0 Å². The van der Waals surface area contributed by atoms with Crippen LogP contribution in [-0.2, 0) is 19.4 Å². The molecule has 1 amide bonds. The van der Waals surface area contributed by atoms with Gasteiger partial charge in [-0.1, -0.05) is 36.8 Å². The van der Waals surface area contributed by atoms with Crippen molar-refractivity contribution in [3.63, 3.8) is 0 Å². The van der Waals surface area contributed by atoms with Gasteiger partial charge in [-0.05, 0) is 29.9 Å². The van der Waals surface area contributed by atoms with E-state index in [-0.39, 0.29) is 5.91 Å². The predicted molar refractivity (Wildman–Crippen MR) is 103 cm³/mol. The number of hydrogen-bond donors (Lipinski definition) is 1. The Kier molecular flexibility index (Phi) is 5.11. The Morgan fingerprint density at radius 2 is 2.00 bits per heavy atom. The third-order valence-electron chi connectivity index (χ3n) is 4.78. The van der Waals surface area contributed by atoms with E-state index >= 15 is 0 Å². The lowest BCUT2D eigenvalue weighted by atomic mass is 10.1. The summed E-state index contributed by atoms with van der Waals surface area (Å²) in [7, 11) is 0. The van der Waals surface area contributed by atoms with Crippen molar-refractivity contribution in [2.75, 3.05) is 6.54 Å². The normalized spacial score (nSPS) is 13.8. The van der Waals surface area contributed by atoms with Crippen LogP contribution < -0.4 is 5.32 Å². The fourth-order valence-electron chi connectivity index (χ4n) is 3.43. The third-order valence-corrected chi connectivity index (χ3v) is 5.69. The number of thiophene rings is 1. The minimum atomic E-state index is -0.0190. The van der Waals surface area contributed by atoms with Gasteiger partial charge in [-0.2, -0.15) is 0 Å². The topological polar surface area (TPSA) is 59.8 Å². The molecular weight excluding hydrogens is 344 g/mol. The zero-order valence-electron chi connectivity index (χ0n) is 14.6. The van der Waals surface area contributed by atoms with E-state index in [9.17, 15) is 4.79 Å². The molecule has 0 bridgehead atoms. The van der Waals surface area contributed by atoms with Gasteiger partial charge in [0.15, 0.2) is 0 Å². The van der Waals surface area contributed by atoms with E-state index < -0.39 is 0 Å². The number of carbonyl (C=O) groups is 1. The van der Waals surface area contributed by atoms with E-state index in [2.05, 4.69) is 20.1 Å². The van der Waals surface area contributed by atoms with Crippen LogP contribution in [0.4, 0.5) is 0 Å². The number of amides is 1. The Labute approximate surface area is 157 Å². The molecule has 5 nitrogen and oxygen atoms in total. The van der Waals surface area contributed by atoms with Crippen LogP contribution in [0.1, 0.15) is 40.6 Å². The van der Waals surface area contributed by atoms with Gasteiger partial charge < -0.3 is 9.88 Å². The standard InChI is InChI=1S/C20H22N4OS/c25-20(19-16(11-14-26-19)15-7-3-1-4-8-15)21-12-10-18-23-22-17-9-5-2-6-13-24(17)18/h1,3-4,7-8,11,14H,2,5-6,9-10,12-13H2,(H,21,25). The first-order valence-electron chi connectivity index (χ1n) is 9.15. The highest BCUT2D eigenvalue weighted by Crippen LogP contribution is 2.28. The van der Waals surface area contributed by atoms with Gasteiger partial charge in [0, 0.05) is 31.5 Å². The van der Waals surface area contributed by atoms with Gasteiger partial charge in [0.05, 0.1) is 4.88 Å². The van der Waals surface area contributed by atoms with Crippen LogP contribution in [0.15, 0.2) is 41.8 Å². The third kappa shape index (κ3) is 3.55. The van der Waals surface area contributed by atoms with Crippen LogP contribution in [0, 0.1) is 0 Å². The van der Waals surface area contributed by atoms with Gasteiger partial charge in [-0.25, -0.2) is 0 Å². The van der Waals surface area contributed by atoms with Crippen molar-refractivity contribution in [3.8, 4) is 11.1 Å². The Hall–Kier alpha value is -2.47. The number of aromatic nitrogens is 3. The Balaban J connectivity index is 1.40. The maximum absolute atomic E-state index is 12.6. The van der Waals surface area contributed by atoms with E-state index in [1.807, 2.05) is 41.8 Å². The first kappa shape index (κ1) is 17.0. The number of hydrogen-bond acceptors (Lipinski definition) is 4. The number of benzene rings is 1. The summed E-state index contributed by atoms with van der Waals surface area (Å²) in [5.74, 6) is 2.06. The van der Waals surface area contributed by atoms with E-state index in [1.54, 1.807) is 0 Å².